The zero-order valence-electron chi connectivity index (χ0n) is 10.5. The van der Waals surface area contributed by atoms with Gasteiger partial charge in [-0.1, -0.05) is 32.1 Å². The molecule has 3 N–H and O–H groups in total. The van der Waals surface area contributed by atoms with E-state index in [2.05, 4.69) is 5.43 Å². The Morgan fingerprint density at radius 1 is 1.12 bits per heavy atom. The van der Waals surface area contributed by atoms with Crippen LogP contribution in [0.4, 0.5) is 0 Å². The van der Waals surface area contributed by atoms with Crippen molar-refractivity contribution in [2.75, 3.05) is 7.11 Å². The number of hydrogen-bond acceptors (Lipinski definition) is 3. The largest absolute Gasteiger partial charge is 0.377 e. The van der Waals surface area contributed by atoms with Crippen molar-refractivity contribution in [1.82, 2.24) is 5.43 Å². The van der Waals surface area contributed by atoms with E-state index in [1.165, 1.54) is 57.8 Å². The average molecular weight is 226 g/mol. The molecule has 0 aromatic rings. The highest BCUT2D eigenvalue weighted by Crippen LogP contribution is 2.41. The number of nitrogens with one attached hydrogen (secondary N) is 1. The van der Waals surface area contributed by atoms with Gasteiger partial charge in [0.2, 0.25) is 0 Å². The van der Waals surface area contributed by atoms with Crippen LogP contribution in [0.15, 0.2) is 0 Å². The molecule has 94 valence electrons. The first kappa shape index (κ1) is 12.3. The van der Waals surface area contributed by atoms with Gasteiger partial charge >= 0.3 is 0 Å². The molecule has 0 aliphatic heterocycles. The molecular formula is C13H26N2O. The molecule has 0 spiro atoms. The second-order valence-corrected chi connectivity index (χ2v) is 5.52. The van der Waals surface area contributed by atoms with Crippen LogP contribution in [0, 0.1) is 5.92 Å². The van der Waals surface area contributed by atoms with Crippen molar-refractivity contribution in [3.05, 3.63) is 0 Å². The Morgan fingerprint density at radius 2 is 1.75 bits per heavy atom. The molecule has 0 aromatic carbocycles. The highest BCUT2D eigenvalue weighted by Gasteiger charge is 2.44. The van der Waals surface area contributed by atoms with Crippen LogP contribution in [0.25, 0.3) is 0 Å². The Kier molecular flexibility index (Phi) is 4.22. The van der Waals surface area contributed by atoms with Crippen LogP contribution in [0.2, 0.25) is 0 Å². The first-order chi connectivity index (χ1) is 7.82. The van der Waals surface area contributed by atoms with Crippen molar-refractivity contribution in [1.29, 1.82) is 0 Å². The standard InChI is InChI=1S/C13H26N2O/c1-16-13(9-5-6-10-13)12(15-14)11-7-3-2-4-8-11/h11-12,15H,2-10,14H2,1H3. The quantitative estimate of drug-likeness (QED) is 0.571. The summed E-state index contributed by atoms with van der Waals surface area (Å²) < 4.78 is 5.86. The lowest BCUT2D eigenvalue weighted by Crippen LogP contribution is -2.57. The SMILES string of the molecule is COC1(C(NN)C2CCCCC2)CCCC1. The van der Waals surface area contributed by atoms with Gasteiger partial charge in [0.25, 0.3) is 0 Å². The maximum Gasteiger partial charge on any atom is 0.0847 e. The van der Waals surface area contributed by atoms with E-state index in [0.717, 1.165) is 5.92 Å². The maximum absolute atomic E-state index is 5.86. The molecule has 3 nitrogen and oxygen atoms in total. The molecule has 2 fully saturated rings. The molecule has 0 amide bonds. The van der Waals surface area contributed by atoms with E-state index in [-0.39, 0.29) is 5.60 Å². The third kappa shape index (κ3) is 2.27. The van der Waals surface area contributed by atoms with Crippen molar-refractivity contribution in [2.45, 2.75) is 69.4 Å². The molecule has 0 radical (unpaired) electrons. The van der Waals surface area contributed by atoms with Crippen LogP contribution in [-0.4, -0.2) is 18.8 Å². The van der Waals surface area contributed by atoms with Crippen molar-refractivity contribution in [3.63, 3.8) is 0 Å². The molecule has 0 heterocycles. The minimum Gasteiger partial charge on any atom is -0.377 e. The molecule has 1 atom stereocenters. The zero-order chi connectivity index (χ0) is 11.4. The number of ether oxygens (including phenoxy) is 1. The van der Waals surface area contributed by atoms with E-state index >= 15 is 0 Å². The summed E-state index contributed by atoms with van der Waals surface area (Å²) in [5, 5.41) is 0. The Bertz CT molecular complexity index is 208. The van der Waals surface area contributed by atoms with E-state index in [0.29, 0.717) is 6.04 Å². The minimum atomic E-state index is 0.0246. The third-order valence-corrected chi connectivity index (χ3v) is 4.72. The summed E-state index contributed by atoms with van der Waals surface area (Å²) in [4.78, 5) is 0. The summed E-state index contributed by atoms with van der Waals surface area (Å²) >= 11 is 0. The van der Waals surface area contributed by atoms with Crippen molar-refractivity contribution in [3.8, 4) is 0 Å². The second kappa shape index (κ2) is 5.48. The highest BCUT2D eigenvalue weighted by molar-refractivity contribution is 4.99. The van der Waals surface area contributed by atoms with Gasteiger partial charge in [-0.25, -0.2) is 0 Å². The topological polar surface area (TPSA) is 47.3 Å². The predicted octanol–water partition coefficient (Wildman–Crippen LogP) is 2.36. The van der Waals surface area contributed by atoms with Crippen LogP contribution in [-0.2, 0) is 4.74 Å². The Balaban J connectivity index is 2.06. The summed E-state index contributed by atoms with van der Waals surface area (Å²) in [5.74, 6) is 6.53. The second-order valence-electron chi connectivity index (χ2n) is 5.52. The maximum atomic E-state index is 5.86. The van der Waals surface area contributed by atoms with Gasteiger partial charge in [-0.15, -0.1) is 0 Å². The normalized spacial score (nSPS) is 28.1. The Morgan fingerprint density at radius 3 is 2.25 bits per heavy atom. The highest BCUT2D eigenvalue weighted by atomic mass is 16.5. The lowest BCUT2D eigenvalue weighted by molar-refractivity contribution is -0.0564. The minimum absolute atomic E-state index is 0.0246. The Hall–Kier alpha value is -0.120. The van der Waals surface area contributed by atoms with Gasteiger partial charge in [-0.3, -0.25) is 11.3 Å². The number of rotatable bonds is 4. The van der Waals surface area contributed by atoms with Crippen LogP contribution in [0.3, 0.4) is 0 Å². The molecule has 16 heavy (non-hydrogen) atoms. The number of nitrogens with two attached hydrogens (primary N) is 1. The summed E-state index contributed by atoms with van der Waals surface area (Å²) in [6.45, 7) is 0. The predicted molar refractivity (Wildman–Crippen MR) is 65.9 cm³/mol. The smallest absolute Gasteiger partial charge is 0.0847 e. The van der Waals surface area contributed by atoms with Gasteiger partial charge in [0.1, 0.15) is 0 Å². The van der Waals surface area contributed by atoms with E-state index in [9.17, 15) is 0 Å². The zero-order valence-corrected chi connectivity index (χ0v) is 10.5. The lowest BCUT2D eigenvalue weighted by atomic mass is 9.76. The summed E-state index contributed by atoms with van der Waals surface area (Å²) in [7, 11) is 1.86. The number of hydrazine groups is 1. The van der Waals surface area contributed by atoms with Gasteiger partial charge < -0.3 is 4.74 Å². The van der Waals surface area contributed by atoms with Gasteiger partial charge in [0.15, 0.2) is 0 Å². The molecule has 2 aliphatic carbocycles. The molecule has 2 rings (SSSR count). The summed E-state index contributed by atoms with van der Waals surface area (Å²) in [6, 6.07) is 0.361. The number of methoxy groups -OCH3 is 1. The molecular weight excluding hydrogens is 200 g/mol. The monoisotopic (exact) mass is 226 g/mol. The Labute approximate surface area is 99.1 Å². The molecule has 0 saturated heterocycles. The van der Waals surface area contributed by atoms with E-state index < -0.39 is 0 Å². The lowest BCUT2D eigenvalue weighted by Gasteiger charge is -2.42. The van der Waals surface area contributed by atoms with Crippen LogP contribution >= 0.6 is 0 Å². The average Bonchev–Trinajstić information content (AvgIpc) is 2.81. The molecule has 0 aromatic heterocycles. The van der Waals surface area contributed by atoms with E-state index in [1.807, 2.05) is 7.11 Å². The van der Waals surface area contributed by atoms with Crippen LogP contribution < -0.4 is 11.3 Å². The molecule has 0 bridgehead atoms. The first-order valence-electron chi connectivity index (χ1n) is 6.84. The molecule has 3 heteroatoms. The van der Waals surface area contributed by atoms with Gasteiger partial charge in [-0.05, 0) is 31.6 Å². The van der Waals surface area contributed by atoms with Crippen LogP contribution in [0.1, 0.15) is 57.8 Å². The fourth-order valence-corrected chi connectivity index (χ4v) is 3.80. The molecule has 2 saturated carbocycles. The molecule has 2 aliphatic rings. The number of hydrogen-bond donors (Lipinski definition) is 2. The third-order valence-electron chi connectivity index (χ3n) is 4.72. The fraction of sp³-hybridized carbons (Fsp3) is 1.00. The van der Waals surface area contributed by atoms with Crippen molar-refractivity contribution in [2.24, 2.45) is 11.8 Å². The molecule has 1 unspecified atom stereocenters. The van der Waals surface area contributed by atoms with Crippen molar-refractivity contribution < 1.29 is 4.74 Å². The van der Waals surface area contributed by atoms with Crippen LogP contribution in [0.5, 0.6) is 0 Å². The summed E-state index contributed by atoms with van der Waals surface area (Å²) in [5.41, 5.74) is 3.11. The van der Waals surface area contributed by atoms with Crippen molar-refractivity contribution >= 4 is 0 Å². The van der Waals surface area contributed by atoms with Gasteiger partial charge in [0, 0.05) is 7.11 Å². The summed E-state index contributed by atoms with van der Waals surface area (Å²) in [6.07, 6.45) is 11.7. The van der Waals surface area contributed by atoms with E-state index in [4.69, 9.17) is 10.6 Å². The van der Waals surface area contributed by atoms with Gasteiger partial charge in [0.05, 0.1) is 11.6 Å². The van der Waals surface area contributed by atoms with E-state index in [1.54, 1.807) is 0 Å². The fourth-order valence-electron chi connectivity index (χ4n) is 3.80. The first-order valence-corrected chi connectivity index (χ1v) is 6.84. The van der Waals surface area contributed by atoms with Gasteiger partial charge in [-0.2, -0.15) is 0 Å².